The van der Waals surface area contributed by atoms with Crippen LogP contribution in [0.3, 0.4) is 0 Å². The van der Waals surface area contributed by atoms with Crippen LogP contribution in [0.5, 0.6) is 0 Å². The Kier molecular flexibility index (Phi) is 4.67. The van der Waals surface area contributed by atoms with E-state index in [-0.39, 0.29) is 17.2 Å². The van der Waals surface area contributed by atoms with Gasteiger partial charge in [-0.1, -0.05) is 18.2 Å². The van der Waals surface area contributed by atoms with Crippen LogP contribution >= 0.6 is 11.8 Å². The molecule has 4 nitrogen and oxygen atoms in total. The molecule has 0 aromatic heterocycles. The van der Waals surface area contributed by atoms with Crippen LogP contribution < -0.4 is 0 Å². The number of rotatable bonds is 3. The summed E-state index contributed by atoms with van der Waals surface area (Å²) in [5.74, 6) is 0.826. The number of amides is 2. The molecule has 2 fully saturated rings. The SMILES string of the molecule is Cc1ccccc1SCC(=O)N1CC[C@]2(CCCN(C)C2=O)C1. The molecule has 0 saturated carbocycles. The summed E-state index contributed by atoms with van der Waals surface area (Å²) in [4.78, 5) is 29.9. The molecule has 3 rings (SSSR count). The Hall–Kier alpha value is -1.49. The van der Waals surface area contributed by atoms with E-state index >= 15 is 0 Å². The first kappa shape index (κ1) is 16.4. The van der Waals surface area contributed by atoms with E-state index in [0.717, 1.165) is 30.7 Å². The number of nitrogens with zero attached hydrogens (tertiary/aromatic N) is 2. The summed E-state index contributed by atoms with van der Waals surface area (Å²) < 4.78 is 0. The van der Waals surface area contributed by atoms with Gasteiger partial charge < -0.3 is 9.80 Å². The molecule has 1 atom stereocenters. The summed E-state index contributed by atoms with van der Waals surface area (Å²) in [5.41, 5.74) is 0.892. The minimum atomic E-state index is -0.310. The molecule has 23 heavy (non-hydrogen) atoms. The van der Waals surface area contributed by atoms with Crippen molar-refractivity contribution in [3.63, 3.8) is 0 Å². The minimum Gasteiger partial charge on any atom is -0.345 e. The number of hydrogen-bond acceptors (Lipinski definition) is 3. The first-order valence-electron chi connectivity index (χ1n) is 8.24. The highest BCUT2D eigenvalue weighted by Gasteiger charge is 2.48. The van der Waals surface area contributed by atoms with Crippen molar-refractivity contribution < 1.29 is 9.59 Å². The zero-order chi connectivity index (χ0) is 16.4. The van der Waals surface area contributed by atoms with Crippen LogP contribution in [-0.2, 0) is 9.59 Å². The summed E-state index contributed by atoms with van der Waals surface area (Å²) in [6, 6.07) is 8.13. The van der Waals surface area contributed by atoms with Crippen molar-refractivity contribution in [2.45, 2.75) is 31.1 Å². The quantitative estimate of drug-likeness (QED) is 0.799. The second-order valence-electron chi connectivity index (χ2n) is 6.73. The Morgan fingerprint density at radius 3 is 2.83 bits per heavy atom. The highest BCUT2D eigenvalue weighted by molar-refractivity contribution is 8.00. The summed E-state index contributed by atoms with van der Waals surface area (Å²) in [7, 11) is 1.88. The lowest BCUT2D eigenvalue weighted by Crippen LogP contribution is -2.48. The van der Waals surface area contributed by atoms with E-state index in [2.05, 4.69) is 19.1 Å². The minimum absolute atomic E-state index is 0.149. The van der Waals surface area contributed by atoms with Crippen LogP contribution in [0.1, 0.15) is 24.8 Å². The number of likely N-dealkylation sites (tertiary alicyclic amines) is 2. The first-order chi connectivity index (χ1) is 11.0. The van der Waals surface area contributed by atoms with Crippen molar-refractivity contribution in [1.29, 1.82) is 0 Å². The lowest BCUT2D eigenvalue weighted by atomic mass is 9.78. The molecule has 0 bridgehead atoms. The third kappa shape index (κ3) is 3.25. The standard InChI is InChI=1S/C18H24N2O2S/c1-14-6-3-4-7-15(14)23-12-16(21)20-11-9-18(13-20)8-5-10-19(2)17(18)22/h3-4,6-7H,5,8-13H2,1-2H3/t18-/m1/s1. The van der Waals surface area contributed by atoms with Crippen molar-refractivity contribution in [1.82, 2.24) is 9.80 Å². The molecular formula is C18H24N2O2S. The molecular weight excluding hydrogens is 308 g/mol. The smallest absolute Gasteiger partial charge is 0.232 e. The van der Waals surface area contributed by atoms with Gasteiger partial charge in [-0.25, -0.2) is 0 Å². The number of benzene rings is 1. The fourth-order valence-corrected chi connectivity index (χ4v) is 4.61. The van der Waals surface area contributed by atoms with Crippen LogP contribution in [0.15, 0.2) is 29.2 Å². The highest BCUT2D eigenvalue weighted by Crippen LogP contribution is 2.40. The molecule has 0 N–H and O–H groups in total. The average Bonchev–Trinajstić information content (AvgIpc) is 2.97. The van der Waals surface area contributed by atoms with E-state index in [1.54, 1.807) is 11.8 Å². The molecule has 2 aliphatic rings. The number of piperidine rings is 1. The van der Waals surface area contributed by atoms with Crippen LogP contribution in [0.4, 0.5) is 0 Å². The van der Waals surface area contributed by atoms with Gasteiger partial charge in [0, 0.05) is 31.6 Å². The summed E-state index contributed by atoms with van der Waals surface area (Å²) in [6.45, 7) is 4.22. The monoisotopic (exact) mass is 332 g/mol. The van der Waals surface area contributed by atoms with Crippen LogP contribution in [0.25, 0.3) is 0 Å². The van der Waals surface area contributed by atoms with Crippen molar-refractivity contribution in [2.24, 2.45) is 5.41 Å². The summed E-state index contributed by atoms with van der Waals surface area (Å²) in [6.07, 6.45) is 2.78. The third-order valence-electron chi connectivity index (χ3n) is 5.10. The number of hydrogen-bond donors (Lipinski definition) is 0. The Bertz CT molecular complexity index is 619. The zero-order valence-corrected chi connectivity index (χ0v) is 14.7. The van der Waals surface area contributed by atoms with Crippen LogP contribution in [0.2, 0.25) is 0 Å². The predicted octanol–water partition coefficient (Wildman–Crippen LogP) is 2.56. The number of carbonyl (C=O) groups is 2. The topological polar surface area (TPSA) is 40.6 Å². The highest BCUT2D eigenvalue weighted by atomic mass is 32.2. The molecule has 124 valence electrons. The van der Waals surface area contributed by atoms with Gasteiger partial charge in [0.25, 0.3) is 0 Å². The van der Waals surface area contributed by atoms with Crippen LogP contribution in [0, 0.1) is 12.3 Å². The number of carbonyl (C=O) groups excluding carboxylic acids is 2. The Morgan fingerprint density at radius 2 is 2.04 bits per heavy atom. The second kappa shape index (κ2) is 6.56. The molecule has 5 heteroatoms. The van der Waals surface area contributed by atoms with E-state index in [4.69, 9.17) is 0 Å². The second-order valence-corrected chi connectivity index (χ2v) is 7.75. The lowest BCUT2D eigenvalue weighted by molar-refractivity contribution is -0.144. The van der Waals surface area contributed by atoms with Crippen molar-refractivity contribution in [2.75, 3.05) is 32.4 Å². The summed E-state index contributed by atoms with van der Waals surface area (Å²) in [5, 5.41) is 0. The molecule has 2 amide bonds. The average molecular weight is 332 g/mol. The van der Waals surface area contributed by atoms with Crippen LogP contribution in [-0.4, -0.2) is 54.0 Å². The van der Waals surface area contributed by atoms with E-state index in [1.807, 2.05) is 29.0 Å². The fraction of sp³-hybridized carbons (Fsp3) is 0.556. The zero-order valence-electron chi connectivity index (χ0n) is 13.9. The Labute approximate surface area is 142 Å². The predicted molar refractivity (Wildman–Crippen MR) is 92.4 cm³/mol. The van der Waals surface area contributed by atoms with Gasteiger partial charge in [-0.05, 0) is 37.8 Å². The van der Waals surface area contributed by atoms with E-state index < -0.39 is 0 Å². The molecule has 0 radical (unpaired) electrons. The Balaban J connectivity index is 1.59. The molecule has 1 aromatic carbocycles. The fourth-order valence-electron chi connectivity index (χ4n) is 3.68. The van der Waals surface area contributed by atoms with Gasteiger partial charge in [0.05, 0.1) is 11.2 Å². The van der Waals surface area contributed by atoms with Crippen molar-refractivity contribution in [3.8, 4) is 0 Å². The maximum atomic E-state index is 12.5. The first-order valence-corrected chi connectivity index (χ1v) is 9.22. The maximum Gasteiger partial charge on any atom is 0.232 e. The van der Waals surface area contributed by atoms with Gasteiger partial charge in [-0.3, -0.25) is 9.59 Å². The molecule has 0 unspecified atom stereocenters. The van der Waals surface area contributed by atoms with E-state index in [9.17, 15) is 9.59 Å². The number of aryl methyl sites for hydroxylation is 1. The molecule has 1 aromatic rings. The van der Waals surface area contributed by atoms with Gasteiger partial charge in [-0.2, -0.15) is 0 Å². The lowest BCUT2D eigenvalue weighted by Gasteiger charge is -2.37. The van der Waals surface area contributed by atoms with Crippen molar-refractivity contribution in [3.05, 3.63) is 29.8 Å². The number of thioether (sulfide) groups is 1. The van der Waals surface area contributed by atoms with Crippen molar-refractivity contribution >= 4 is 23.6 Å². The largest absolute Gasteiger partial charge is 0.345 e. The van der Waals surface area contributed by atoms with E-state index in [1.165, 1.54) is 5.56 Å². The molecule has 1 spiro atoms. The van der Waals surface area contributed by atoms with Gasteiger partial charge in [0.2, 0.25) is 11.8 Å². The molecule has 2 aliphatic heterocycles. The molecule has 2 saturated heterocycles. The van der Waals surface area contributed by atoms with Gasteiger partial charge >= 0.3 is 0 Å². The molecule has 0 aliphatic carbocycles. The summed E-state index contributed by atoms with van der Waals surface area (Å²) >= 11 is 1.59. The van der Waals surface area contributed by atoms with E-state index in [0.29, 0.717) is 18.8 Å². The third-order valence-corrected chi connectivity index (χ3v) is 6.26. The molecule has 2 heterocycles. The van der Waals surface area contributed by atoms with Gasteiger partial charge in [0.1, 0.15) is 0 Å². The maximum absolute atomic E-state index is 12.5. The normalized spacial score (nSPS) is 24.5. The van der Waals surface area contributed by atoms with Gasteiger partial charge in [0.15, 0.2) is 0 Å². The Morgan fingerprint density at radius 1 is 1.26 bits per heavy atom. The van der Waals surface area contributed by atoms with Gasteiger partial charge in [-0.15, -0.1) is 11.8 Å².